The van der Waals surface area contributed by atoms with Crippen LogP contribution in [0.15, 0.2) is 44.4 Å². The van der Waals surface area contributed by atoms with Crippen molar-refractivity contribution in [2.75, 3.05) is 6.54 Å². The molecule has 0 amide bonds. The Morgan fingerprint density at radius 1 is 1.38 bits per heavy atom. The van der Waals surface area contributed by atoms with Gasteiger partial charge in [0.15, 0.2) is 4.67 Å². The van der Waals surface area contributed by atoms with Gasteiger partial charge in [-0.25, -0.2) is 0 Å². The molecule has 0 bridgehead atoms. The lowest BCUT2D eigenvalue weighted by molar-refractivity contribution is 0.519. The molecule has 1 N–H and O–H groups in total. The summed E-state index contributed by atoms with van der Waals surface area (Å²) in [5.41, 5.74) is 2.20. The van der Waals surface area contributed by atoms with E-state index in [1.807, 2.05) is 12.1 Å². The van der Waals surface area contributed by atoms with Crippen LogP contribution in [0.2, 0.25) is 0 Å². The Morgan fingerprint density at radius 2 is 2.25 bits per heavy atom. The molecule has 2 aromatic heterocycles. The van der Waals surface area contributed by atoms with Crippen LogP contribution in [0.5, 0.6) is 0 Å². The van der Waals surface area contributed by atoms with Gasteiger partial charge >= 0.3 is 0 Å². The van der Waals surface area contributed by atoms with Gasteiger partial charge < -0.3 is 14.2 Å². The van der Waals surface area contributed by atoms with Crippen molar-refractivity contribution in [3.05, 3.63) is 46.7 Å². The van der Waals surface area contributed by atoms with Gasteiger partial charge in [0.05, 0.1) is 24.8 Å². The van der Waals surface area contributed by atoms with E-state index in [0.717, 1.165) is 28.8 Å². The van der Waals surface area contributed by atoms with Crippen molar-refractivity contribution < 1.29 is 8.83 Å². The average Bonchev–Trinajstić information content (AvgIpc) is 2.91. The second-order valence-corrected chi connectivity index (χ2v) is 4.31. The molecule has 0 spiro atoms. The molecule has 0 radical (unpaired) electrons. The number of nitrogens with one attached hydrogen (secondary N) is 1. The van der Waals surface area contributed by atoms with Gasteiger partial charge in [0.25, 0.3) is 0 Å². The number of rotatable bonds is 5. The highest BCUT2D eigenvalue weighted by atomic mass is 79.9. The highest BCUT2D eigenvalue weighted by Crippen LogP contribution is 2.29. The summed E-state index contributed by atoms with van der Waals surface area (Å²) in [6.07, 6.45) is 6.21. The normalized spacial score (nSPS) is 12.9. The van der Waals surface area contributed by atoms with E-state index >= 15 is 0 Å². The van der Waals surface area contributed by atoms with Gasteiger partial charge in [-0.1, -0.05) is 6.92 Å². The van der Waals surface area contributed by atoms with E-state index in [4.69, 9.17) is 8.83 Å². The summed E-state index contributed by atoms with van der Waals surface area (Å²) in [5.74, 6) is 0. The molecule has 16 heavy (non-hydrogen) atoms. The van der Waals surface area contributed by atoms with E-state index < -0.39 is 0 Å². The first-order chi connectivity index (χ1) is 7.83. The Hall–Kier alpha value is -1.00. The van der Waals surface area contributed by atoms with Crippen molar-refractivity contribution in [1.82, 2.24) is 5.32 Å². The minimum Gasteiger partial charge on any atom is -0.472 e. The monoisotopic (exact) mass is 283 g/mol. The molecule has 2 aromatic rings. The van der Waals surface area contributed by atoms with Crippen LogP contribution in [0.4, 0.5) is 0 Å². The van der Waals surface area contributed by atoms with E-state index in [0.29, 0.717) is 0 Å². The standard InChI is InChI=1S/C12H14BrNO2/c1-2-5-14-11(9-3-6-15-8-9)10-4-7-16-12(10)13/h3-4,6-8,11,14H,2,5H2,1H3. The lowest BCUT2D eigenvalue weighted by atomic mass is 10.0. The molecule has 0 saturated carbocycles. The van der Waals surface area contributed by atoms with E-state index in [1.54, 1.807) is 18.8 Å². The fourth-order valence-electron chi connectivity index (χ4n) is 1.65. The molecule has 3 nitrogen and oxygen atoms in total. The van der Waals surface area contributed by atoms with Crippen molar-refractivity contribution in [2.24, 2.45) is 0 Å². The maximum atomic E-state index is 5.27. The molecular formula is C12H14BrNO2. The molecule has 0 aliphatic carbocycles. The van der Waals surface area contributed by atoms with Crippen LogP contribution in [0.1, 0.15) is 30.5 Å². The first-order valence-electron chi connectivity index (χ1n) is 5.31. The maximum Gasteiger partial charge on any atom is 0.174 e. The Kier molecular flexibility index (Phi) is 3.85. The zero-order chi connectivity index (χ0) is 11.4. The van der Waals surface area contributed by atoms with Crippen molar-refractivity contribution in [3.63, 3.8) is 0 Å². The third-order valence-corrected chi connectivity index (χ3v) is 3.08. The maximum absolute atomic E-state index is 5.27. The quantitative estimate of drug-likeness (QED) is 0.909. The molecule has 4 heteroatoms. The van der Waals surface area contributed by atoms with Gasteiger partial charge in [-0.2, -0.15) is 0 Å². The Morgan fingerprint density at radius 3 is 2.81 bits per heavy atom. The SMILES string of the molecule is CCCNC(c1ccoc1)c1ccoc1Br. The minimum atomic E-state index is 0.117. The largest absolute Gasteiger partial charge is 0.472 e. The Bertz CT molecular complexity index is 422. The van der Waals surface area contributed by atoms with Crippen molar-refractivity contribution in [1.29, 1.82) is 0 Å². The zero-order valence-electron chi connectivity index (χ0n) is 9.07. The second kappa shape index (κ2) is 5.37. The topological polar surface area (TPSA) is 38.3 Å². The van der Waals surface area contributed by atoms with Crippen LogP contribution >= 0.6 is 15.9 Å². The third-order valence-electron chi connectivity index (χ3n) is 2.43. The van der Waals surface area contributed by atoms with Gasteiger partial charge in [-0.05, 0) is 41.0 Å². The molecule has 86 valence electrons. The van der Waals surface area contributed by atoms with Crippen LogP contribution in [0.3, 0.4) is 0 Å². The molecular weight excluding hydrogens is 270 g/mol. The van der Waals surface area contributed by atoms with Crippen molar-refractivity contribution in [2.45, 2.75) is 19.4 Å². The van der Waals surface area contributed by atoms with Crippen LogP contribution in [-0.4, -0.2) is 6.54 Å². The summed E-state index contributed by atoms with van der Waals surface area (Å²) in [6, 6.07) is 4.05. The fraction of sp³-hybridized carbons (Fsp3) is 0.333. The Balaban J connectivity index is 2.25. The fourth-order valence-corrected chi connectivity index (χ4v) is 2.11. The van der Waals surface area contributed by atoms with Gasteiger partial charge in [-0.3, -0.25) is 0 Å². The molecule has 0 aliphatic rings. The van der Waals surface area contributed by atoms with E-state index in [9.17, 15) is 0 Å². The second-order valence-electron chi connectivity index (χ2n) is 3.59. The number of furan rings is 2. The molecule has 0 saturated heterocycles. The highest BCUT2D eigenvalue weighted by Gasteiger charge is 2.18. The first-order valence-corrected chi connectivity index (χ1v) is 6.10. The molecule has 1 unspecified atom stereocenters. The van der Waals surface area contributed by atoms with Gasteiger partial charge in [0.1, 0.15) is 0 Å². The van der Waals surface area contributed by atoms with Crippen LogP contribution in [0.25, 0.3) is 0 Å². The summed E-state index contributed by atoms with van der Waals surface area (Å²) < 4.78 is 11.2. The van der Waals surface area contributed by atoms with Gasteiger partial charge in [-0.15, -0.1) is 0 Å². The lowest BCUT2D eigenvalue weighted by Crippen LogP contribution is -2.22. The number of hydrogen-bond acceptors (Lipinski definition) is 3. The first kappa shape index (κ1) is 11.5. The highest BCUT2D eigenvalue weighted by molar-refractivity contribution is 9.10. The lowest BCUT2D eigenvalue weighted by Gasteiger charge is -2.15. The summed E-state index contributed by atoms with van der Waals surface area (Å²) in [5, 5.41) is 3.47. The Labute approximate surface area is 103 Å². The van der Waals surface area contributed by atoms with Crippen LogP contribution in [-0.2, 0) is 0 Å². The van der Waals surface area contributed by atoms with Crippen LogP contribution < -0.4 is 5.32 Å². The average molecular weight is 284 g/mol. The predicted molar refractivity (Wildman–Crippen MR) is 65.3 cm³/mol. The molecule has 0 aromatic carbocycles. The van der Waals surface area contributed by atoms with Crippen LogP contribution in [0, 0.1) is 0 Å². The van der Waals surface area contributed by atoms with E-state index in [1.165, 1.54) is 0 Å². The number of halogens is 1. The van der Waals surface area contributed by atoms with Crippen molar-refractivity contribution >= 4 is 15.9 Å². The molecule has 2 rings (SSSR count). The van der Waals surface area contributed by atoms with E-state index in [2.05, 4.69) is 28.2 Å². The summed E-state index contributed by atoms with van der Waals surface area (Å²) in [4.78, 5) is 0. The van der Waals surface area contributed by atoms with Gasteiger partial charge in [0, 0.05) is 11.1 Å². The summed E-state index contributed by atoms with van der Waals surface area (Å²) in [7, 11) is 0. The summed E-state index contributed by atoms with van der Waals surface area (Å²) >= 11 is 3.41. The molecule has 2 heterocycles. The number of hydrogen-bond donors (Lipinski definition) is 1. The van der Waals surface area contributed by atoms with Gasteiger partial charge in [0.2, 0.25) is 0 Å². The third kappa shape index (κ3) is 2.39. The molecule has 1 atom stereocenters. The molecule has 0 aliphatic heterocycles. The van der Waals surface area contributed by atoms with E-state index in [-0.39, 0.29) is 6.04 Å². The molecule has 0 fully saturated rings. The minimum absolute atomic E-state index is 0.117. The predicted octanol–water partition coefficient (Wildman–Crippen LogP) is 3.72. The smallest absolute Gasteiger partial charge is 0.174 e. The zero-order valence-corrected chi connectivity index (χ0v) is 10.7. The summed E-state index contributed by atoms with van der Waals surface area (Å²) in [6.45, 7) is 3.09. The van der Waals surface area contributed by atoms with Crippen molar-refractivity contribution in [3.8, 4) is 0 Å².